The first-order valence-electron chi connectivity index (χ1n) is 6.24. The quantitative estimate of drug-likeness (QED) is 0.914. The van der Waals surface area contributed by atoms with Gasteiger partial charge in [-0.3, -0.25) is 0 Å². The average Bonchev–Trinajstić information content (AvgIpc) is 3.07. The van der Waals surface area contributed by atoms with Gasteiger partial charge in [-0.25, -0.2) is 4.98 Å². The van der Waals surface area contributed by atoms with Crippen LogP contribution < -0.4 is 14.8 Å². The molecule has 106 valence electrons. The highest BCUT2D eigenvalue weighted by molar-refractivity contribution is 7.09. The van der Waals surface area contributed by atoms with E-state index in [1.54, 1.807) is 7.11 Å². The number of anilines is 1. The predicted octanol–water partition coefficient (Wildman–Crippen LogP) is 2.59. The fourth-order valence-corrected chi connectivity index (χ4v) is 2.61. The van der Waals surface area contributed by atoms with Crippen molar-refractivity contribution in [3.8, 4) is 11.5 Å². The molecule has 1 N–H and O–H groups in total. The van der Waals surface area contributed by atoms with E-state index in [0.717, 1.165) is 22.2 Å². The number of nitrogens with zero attached hydrogens (tertiary/aromatic N) is 2. The summed E-state index contributed by atoms with van der Waals surface area (Å²) in [7, 11) is 1.63. The molecule has 0 bridgehead atoms. The molecule has 0 radical (unpaired) electrons. The average molecular weight is 293 g/mol. The second-order valence-electron chi connectivity index (χ2n) is 4.43. The lowest BCUT2D eigenvalue weighted by Crippen LogP contribution is -2.06. The number of aromatic nitrogens is 2. The number of nitrogens with one attached hydrogen (secondary N) is 1. The van der Waals surface area contributed by atoms with Gasteiger partial charge in [-0.1, -0.05) is 6.07 Å². The van der Waals surface area contributed by atoms with Gasteiger partial charge in [0.05, 0.1) is 6.04 Å². The Labute approximate surface area is 120 Å². The summed E-state index contributed by atoms with van der Waals surface area (Å²) in [5.74, 6) is 2.27. The molecule has 7 heteroatoms. The standard InChI is InChI=1S/C13H15N3O3S/c1-8(14-13-15-12(6-17-2)16-20-13)9-3-4-10-11(5-9)19-7-18-10/h3-5,8H,6-7H2,1-2H3,(H,14,15,16). The summed E-state index contributed by atoms with van der Waals surface area (Å²) < 4.78 is 19.9. The van der Waals surface area contributed by atoms with Crippen molar-refractivity contribution < 1.29 is 14.2 Å². The normalized spacial score (nSPS) is 14.3. The molecular formula is C13H15N3O3S. The number of ether oxygens (including phenoxy) is 3. The van der Waals surface area contributed by atoms with Crippen LogP contribution in [0.4, 0.5) is 5.13 Å². The maximum atomic E-state index is 5.38. The van der Waals surface area contributed by atoms with Gasteiger partial charge in [0.25, 0.3) is 0 Å². The Morgan fingerprint density at radius 3 is 3.10 bits per heavy atom. The zero-order valence-corrected chi connectivity index (χ0v) is 12.1. The Bertz CT molecular complexity index is 602. The highest BCUT2D eigenvalue weighted by atomic mass is 32.1. The smallest absolute Gasteiger partial charge is 0.231 e. The Kier molecular flexibility index (Phi) is 3.70. The largest absolute Gasteiger partial charge is 0.454 e. The van der Waals surface area contributed by atoms with Crippen molar-refractivity contribution in [1.29, 1.82) is 0 Å². The maximum absolute atomic E-state index is 5.38. The molecule has 1 aliphatic rings. The first-order valence-corrected chi connectivity index (χ1v) is 7.01. The van der Waals surface area contributed by atoms with Gasteiger partial charge < -0.3 is 19.5 Å². The molecule has 0 aliphatic carbocycles. The van der Waals surface area contributed by atoms with E-state index in [1.165, 1.54) is 11.5 Å². The van der Waals surface area contributed by atoms with Crippen molar-refractivity contribution >= 4 is 16.7 Å². The third-order valence-corrected chi connectivity index (χ3v) is 3.66. The minimum absolute atomic E-state index is 0.104. The number of hydrogen-bond donors (Lipinski definition) is 1. The summed E-state index contributed by atoms with van der Waals surface area (Å²) in [5, 5.41) is 4.10. The van der Waals surface area contributed by atoms with Crippen LogP contribution in [-0.2, 0) is 11.3 Å². The molecule has 3 rings (SSSR count). The Morgan fingerprint density at radius 1 is 1.40 bits per heavy atom. The summed E-state index contributed by atoms with van der Waals surface area (Å²) in [5.41, 5.74) is 1.11. The molecule has 1 atom stereocenters. The minimum Gasteiger partial charge on any atom is -0.454 e. The van der Waals surface area contributed by atoms with Crippen LogP contribution in [0.15, 0.2) is 18.2 Å². The van der Waals surface area contributed by atoms with Gasteiger partial charge in [0.15, 0.2) is 17.3 Å². The summed E-state index contributed by atoms with van der Waals surface area (Å²) in [4.78, 5) is 4.35. The van der Waals surface area contributed by atoms with Crippen LogP contribution in [0.3, 0.4) is 0 Å². The molecule has 0 amide bonds. The summed E-state index contributed by atoms with van der Waals surface area (Å²) in [6.07, 6.45) is 0. The molecule has 0 saturated carbocycles. The molecular weight excluding hydrogens is 278 g/mol. The molecule has 1 unspecified atom stereocenters. The molecule has 0 saturated heterocycles. The Hall–Kier alpha value is -1.86. The van der Waals surface area contributed by atoms with Gasteiger partial charge in [-0.05, 0) is 24.6 Å². The van der Waals surface area contributed by atoms with Crippen molar-refractivity contribution in [2.75, 3.05) is 19.2 Å². The highest BCUT2D eigenvalue weighted by Gasteiger charge is 2.16. The predicted molar refractivity (Wildman–Crippen MR) is 75.2 cm³/mol. The summed E-state index contributed by atoms with van der Waals surface area (Å²) in [6, 6.07) is 6.03. The lowest BCUT2D eigenvalue weighted by atomic mass is 10.1. The number of benzene rings is 1. The van der Waals surface area contributed by atoms with Crippen LogP contribution in [-0.4, -0.2) is 23.3 Å². The number of hydrogen-bond acceptors (Lipinski definition) is 7. The lowest BCUT2D eigenvalue weighted by molar-refractivity contribution is 0.174. The number of fused-ring (bicyclic) bond motifs is 1. The molecule has 2 heterocycles. The van der Waals surface area contributed by atoms with Gasteiger partial charge in [0.1, 0.15) is 6.61 Å². The van der Waals surface area contributed by atoms with Crippen LogP contribution in [0.5, 0.6) is 11.5 Å². The van der Waals surface area contributed by atoms with E-state index < -0.39 is 0 Å². The molecule has 6 nitrogen and oxygen atoms in total. The summed E-state index contributed by atoms with van der Waals surface area (Å²) in [6.45, 7) is 2.78. The van der Waals surface area contributed by atoms with Gasteiger partial charge in [0.2, 0.25) is 11.9 Å². The third-order valence-electron chi connectivity index (χ3n) is 2.98. The van der Waals surface area contributed by atoms with E-state index >= 15 is 0 Å². The van der Waals surface area contributed by atoms with Crippen LogP contribution in [0.25, 0.3) is 0 Å². The van der Waals surface area contributed by atoms with Gasteiger partial charge in [0, 0.05) is 18.6 Å². The Morgan fingerprint density at radius 2 is 2.25 bits per heavy atom. The molecule has 0 spiro atoms. The maximum Gasteiger partial charge on any atom is 0.231 e. The van der Waals surface area contributed by atoms with E-state index in [0.29, 0.717) is 12.4 Å². The molecule has 2 aromatic rings. The van der Waals surface area contributed by atoms with Gasteiger partial charge in [-0.2, -0.15) is 4.37 Å². The topological polar surface area (TPSA) is 65.5 Å². The fourth-order valence-electron chi connectivity index (χ4n) is 1.95. The van der Waals surface area contributed by atoms with Crippen LogP contribution >= 0.6 is 11.5 Å². The molecule has 20 heavy (non-hydrogen) atoms. The van der Waals surface area contributed by atoms with Crippen LogP contribution in [0.2, 0.25) is 0 Å². The zero-order chi connectivity index (χ0) is 13.9. The number of methoxy groups -OCH3 is 1. The first kappa shape index (κ1) is 13.1. The van der Waals surface area contributed by atoms with Crippen LogP contribution in [0, 0.1) is 0 Å². The van der Waals surface area contributed by atoms with Crippen molar-refractivity contribution in [1.82, 2.24) is 9.36 Å². The number of rotatable bonds is 5. The minimum atomic E-state index is 0.104. The van der Waals surface area contributed by atoms with Crippen LogP contribution in [0.1, 0.15) is 24.4 Å². The lowest BCUT2D eigenvalue weighted by Gasteiger charge is -2.13. The molecule has 1 aliphatic heterocycles. The van der Waals surface area contributed by atoms with Gasteiger partial charge in [-0.15, -0.1) is 0 Å². The van der Waals surface area contributed by atoms with Gasteiger partial charge >= 0.3 is 0 Å². The monoisotopic (exact) mass is 293 g/mol. The van der Waals surface area contributed by atoms with E-state index in [-0.39, 0.29) is 12.8 Å². The highest BCUT2D eigenvalue weighted by Crippen LogP contribution is 2.34. The second-order valence-corrected chi connectivity index (χ2v) is 5.18. The fraction of sp³-hybridized carbons (Fsp3) is 0.385. The second kappa shape index (κ2) is 5.64. The van der Waals surface area contributed by atoms with Crippen molar-refractivity contribution in [3.63, 3.8) is 0 Å². The first-order chi connectivity index (χ1) is 9.76. The third kappa shape index (κ3) is 2.68. The van der Waals surface area contributed by atoms with E-state index in [4.69, 9.17) is 14.2 Å². The van der Waals surface area contributed by atoms with Crippen molar-refractivity contribution in [2.24, 2.45) is 0 Å². The SMILES string of the molecule is COCc1nsc(NC(C)c2ccc3c(c2)OCO3)n1. The molecule has 1 aromatic carbocycles. The Balaban J connectivity index is 1.70. The molecule has 1 aromatic heterocycles. The van der Waals surface area contributed by atoms with E-state index in [1.807, 2.05) is 18.2 Å². The van der Waals surface area contributed by atoms with E-state index in [9.17, 15) is 0 Å². The zero-order valence-electron chi connectivity index (χ0n) is 11.3. The van der Waals surface area contributed by atoms with Crippen molar-refractivity contribution in [2.45, 2.75) is 19.6 Å². The van der Waals surface area contributed by atoms with Crippen molar-refractivity contribution in [3.05, 3.63) is 29.6 Å². The summed E-state index contributed by atoms with van der Waals surface area (Å²) >= 11 is 1.33. The molecule has 0 fully saturated rings. The van der Waals surface area contributed by atoms with E-state index in [2.05, 4.69) is 21.6 Å².